The average Bonchev–Trinajstić information content (AvgIpc) is 2.32. The van der Waals surface area contributed by atoms with Crippen molar-refractivity contribution in [3.8, 4) is 0 Å². The fourth-order valence-corrected chi connectivity index (χ4v) is 1.69. The molecule has 1 heterocycles. The molecule has 0 saturated heterocycles. The number of carboxylic acids is 1. The molecule has 0 amide bonds. The second-order valence-electron chi connectivity index (χ2n) is 4.15. The normalized spacial score (nSPS) is 10.1. The largest absolute Gasteiger partial charge is 0.478 e. The molecule has 1 aromatic carbocycles. The van der Waals surface area contributed by atoms with Gasteiger partial charge in [-0.2, -0.15) is 0 Å². The first-order chi connectivity index (χ1) is 8.56. The van der Waals surface area contributed by atoms with Gasteiger partial charge in [0.25, 0.3) is 0 Å². The van der Waals surface area contributed by atoms with Crippen LogP contribution in [0.2, 0.25) is 0 Å². The van der Waals surface area contributed by atoms with Gasteiger partial charge in [-0.15, -0.1) is 0 Å². The molecule has 2 aromatic rings. The van der Waals surface area contributed by atoms with Crippen molar-refractivity contribution in [1.29, 1.82) is 0 Å². The zero-order valence-corrected chi connectivity index (χ0v) is 10.3. The van der Waals surface area contributed by atoms with E-state index in [4.69, 9.17) is 5.11 Å². The number of benzene rings is 1. The number of hydrogen-bond donors (Lipinski definition) is 2. The summed E-state index contributed by atoms with van der Waals surface area (Å²) < 4.78 is 0. The molecular formula is C14H14N2O2. The number of hydrogen-bond acceptors (Lipinski definition) is 3. The SMILES string of the molecule is Cc1ccc(Nc2ccc(C(=O)O)c(C)c2)cn1. The molecule has 0 saturated carbocycles. The van der Waals surface area contributed by atoms with Gasteiger partial charge in [0.1, 0.15) is 0 Å². The minimum Gasteiger partial charge on any atom is -0.478 e. The van der Waals surface area contributed by atoms with E-state index in [0.29, 0.717) is 5.56 Å². The molecule has 0 atom stereocenters. The maximum atomic E-state index is 10.9. The van der Waals surface area contributed by atoms with Gasteiger partial charge < -0.3 is 10.4 Å². The minimum absolute atomic E-state index is 0.322. The van der Waals surface area contributed by atoms with Gasteiger partial charge in [0, 0.05) is 11.4 Å². The monoisotopic (exact) mass is 242 g/mol. The number of pyridine rings is 1. The van der Waals surface area contributed by atoms with Crippen LogP contribution in [-0.2, 0) is 0 Å². The predicted octanol–water partition coefficient (Wildman–Crippen LogP) is 3.14. The summed E-state index contributed by atoms with van der Waals surface area (Å²) >= 11 is 0. The number of nitrogens with one attached hydrogen (secondary N) is 1. The molecule has 0 aliphatic rings. The fourth-order valence-electron chi connectivity index (χ4n) is 1.69. The van der Waals surface area contributed by atoms with Crippen molar-refractivity contribution in [3.63, 3.8) is 0 Å². The molecule has 18 heavy (non-hydrogen) atoms. The molecule has 92 valence electrons. The standard InChI is InChI=1S/C14H14N2O2/c1-9-7-11(5-6-13(9)14(17)18)16-12-4-3-10(2)15-8-12/h3-8,16H,1-2H3,(H,17,18). The van der Waals surface area contributed by atoms with Gasteiger partial charge in [0.05, 0.1) is 17.4 Å². The van der Waals surface area contributed by atoms with Crippen molar-refractivity contribution in [2.24, 2.45) is 0 Å². The summed E-state index contributed by atoms with van der Waals surface area (Å²) in [6.45, 7) is 3.71. The van der Waals surface area contributed by atoms with E-state index >= 15 is 0 Å². The number of aromatic carboxylic acids is 1. The lowest BCUT2D eigenvalue weighted by molar-refractivity contribution is 0.0696. The summed E-state index contributed by atoms with van der Waals surface area (Å²) in [5.74, 6) is -0.906. The van der Waals surface area contributed by atoms with E-state index in [2.05, 4.69) is 10.3 Å². The number of carbonyl (C=O) groups is 1. The Morgan fingerprint density at radius 3 is 2.44 bits per heavy atom. The van der Waals surface area contributed by atoms with Crippen LogP contribution in [-0.4, -0.2) is 16.1 Å². The highest BCUT2D eigenvalue weighted by Gasteiger charge is 2.07. The van der Waals surface area contributed by atoms with Crippen molar-refractivity contribution in [2.45, 2.75) is 13.8 Å². The van der Waals surface area contributed by atoms with Crippen molar-refractivity contribution in [3.05, 3.63) is 53.3 Å². The van der Waals surface area contributed by atoms with E-state index in [1.54, 1.807) is 25.3 Å². The van der Waals surface area contributed by atoms with E-state index in [0.717, 1.165) is 22.6 Å². The van der Waals surface area contributed by atoms with E-state index < -0.39 is 5.97 Å². The third kappa shape index (κ3) is 2.66. The summed E-state index contributed by atoms with van der Waals surface area (Å²) in [7, 11) is 0. The van der Waals surface area contributed by atoms with E-state index in [-0.39, 0.29) is 0 Å². The zero-order chi connectivity index (χ0) is 13.1. The molecule has 0 bridgehead atoms. The summed E-state index contributed by atoms with van der Waals surface area (Å²) in [4.78, 5) is 15.1. The predicted molar refractivity (Wildman–Crippen MR) is 70.4 cm³/mol. The van der Waals surface area contributed by atoms with Crippen LogP contribution < -0.4 is 5.32 Å². The van der Waals surface area contributed by atoms with Gasteiger partial charge in [-0.25, -0.2) is 4.79 Å². The lowest BCUT2D eigenvalue weighted by atomic mass is 10.1. The third-order valence-electron chi connectivity index (χ3n) is 2.66. The number of rotatable bonds is 3. The van der Waals surface area contributed by atoms with Crippen LogP contribution >= 0.6 is 0 Å². The number of carboxylic acid groups (broad SMARTS) is 1. The summed E-state index contributed by atoms with van der Waals surface area (Å²) in [6.07, 6.45) is 1.75. The number of aromatic nitrogens is 1. The molecule has 4 nitrogen and oxygen atoms in total. The lowest BCUT2D eigenvalue weighted by Crippen LogP contribution is -2.00. The van der Waals surface area contributed by atoms with Crippen LogP contribution in [0.15, 0.2) is 36.5 Å². The molecular weight excluding hydrogens is 228 g/mol. The van der Waals surface area contributed by atoms with Crippen molar-refractivity contribution in [1.82, 2.24) is 4.98 Å². The first-order valence-electron chi connectivity index (χ1n) is 5.60. The molecule has 0 radical (unpaired) electrons. The highest BCUT2D eigenvalue weighted by Crippen LogP contribution is 2.19. The second-order valence-corrected chi connectivity index (χ2v) is 4.15. The van der Waals surface area contributed by atoms with E-state index in [1.807, 2.05) is 25.1 Å². The molecule has 2 rings (SSSR count). The molecule has 1 aromatic heterocycles. The highest BCUT2D eigenvalue weighted by molar-refractivity contribution is 5.90. The van der Waals surface area contributed by atoms with Crippen LogP contribution in [0.4, 0.5) is 11.4 Å². The van der Waals surface area contributed by atoms with Gasteiger partial charge in [-0.3, -0.25) is 4.98 Å². The fraction of sp³-hybridized carbons (Fsp3) is 0.143. The first-order valence-corrected chi connectivity index (χ1v) is 5.60. The van der Waals surface area contributed by atoms with Gasteiger partial charge in [0.2, 0.25) is 0 Å². The minimum atomic E-state index is -0.906. The molecule has 0 unspecified atom stereocenters. The average molecular weight is 242 g/mol. The molecule has 4 heteroatoms. The molecule has 0 aliphatic carbocycles. The maximum absolute atomic E-state index is 10.9. The van der Waals surface area contributed by atoms with Crippen molar-refractivity contribution >= 4 is 17.3 Å². The Kier molecular flexibility index (Phi) is 3.28. The van der Waals surface area contributed by atoms with Gasteiger partial charge in [-0.1, -0.05) is 0 Å². The molecule has 2 N–H and O–H groups in total. The van der Waals surface area contributed by atoms with Crippen LogP contribution in [0.3, 0.4) is 0 Å². The highest BCUT2D eigenvalue weighted by atomic mass is 16.4. The Balaban J connectivity index is 2.22. The third-order valence-corrected chi connectivity index (χ3v) is 2.66. The van der Waals surface area contributed by atoms with Gasteiger partial charge >= 0.3 is 5.97 Å². The summed E-state index contributed by atoms with van der Waals surface area (Å²) in [5, 5.41) is 12.1. The topological polar surface area (TPSA) is 62.2 Å². The van der Waals surface area contributed by atoms with Crippen molar-refractivity contribution < 1.29 is 9.90 Å². The zero-order valence-electron chi connectivity index (χ0n) is 10.3. The van der Waals surface area contributed by atoms with Crippen LogP contribution in [0, 0.1) is 13.8 Å². The molecule has 0 fully saturated rings. The number of aryl methyl sites for hydroxylation is 2. The Hall–Kier alpha value is -2.36. The van der Waals surface area contributed by atoms with E-state index in [1.165, 1.54) is 0 Å². The summed E-state index contributed by atoms with van der Waals surface area (Å²) in [5.41, 5.74) is 3.74. The van der Waals surface area contributed by atoms with Gasteiger partial charge in [0.15, 0.2) is 0 Å². The van der Waals surface area contributed by atoms with Crippen molar-refractivity contribution in [2.75, 3.05) is 5.32 Å². The number of anilines is 2. The van der Waals surface area contributed by atoms with Crippen LogP contribution in [0.25, 0.3) is 0 Å². The Labute approximate surface area is 105 Å². The Bertz CT molecular complexity index is 577. The van der Waals surface area contributed by atoms with E-state index in [9.17, 15) is 4.79 Å². The lowest BCUT2D eigenvalue weighted by Gasteiger charge is -2.08. The number of nitrogens with zero attached hydrogens (tertiary/aromatic N) is 1. The molecule has 0 spiro atoms. The molecule has 0 aliphatic heterocycles. The smallest absolute Gasteiger partial charge is 0.335 e. The Morgan fingerprint density at radius 2 is 1.89 bits per heavy atom. The summed E-state index contributed by atoms with van der Waals surface area (Å²) in [6, 6.07) is 9.00. The maximum Gasteiger partial charge on any atom is 0.335 e. The van der Waals surface area contributed by atoms with Gasteiger partial charge in [-0.05, 0) is 49.7 Å². The van der Waals surface area contributed by atoms with Crippen LogP contribution in [0.5, 0.6) is 0 Å². The second kappa shape index (κ2) is 4.87. The Morgan fingerprint density at radius 1 is 1.17 bits per heavy atom. The first kappa shape index (κ1) is 12.1. The van der Waals surface area contributed by atoms with Crippen LogP contribution in [0.1, 0.15) is 21.6 Å². The quantitative estimate of drug-likeness (QED) is 0.868.